The van der Waals surface area contributed by atoms with E-state index < -0.39 is 18.0 Å². The predicted octanol–water partition coefficient (Wildman–Crippen LogP) is 2.45. The van der Waals surface area contributed by atoms with Crippen molar-refractivity contribution in [2.45, 2.75) is 31.9 Å². The molecular weight excluding hydrogens is 473 g/mol. The highest BCUT2D eigenvalue weighted by Crippen LogP contribution is 2.32. The van der Waals surface area contributed by atoms with Gasteiger partial charge in [-0.3, -0.25) is 9.69 Å². The van der Waals surface area contributed by atoms with E-state index in [1.165, 1.54) is 11.0 Å². The van der Waals surface area contributed by atoms with E-state index in [2.05, 4.69) is 10.2 Å². The van der Waals surface area contributed by atoms with Crippen LogP contribution < -0.4 is 15.1 Å². The van der Waals surface area contributed by atoms with Gasteiger partial charge in [0.15, 0.2) is 0 Å². The van der Waals surface area contributed by atoms with Crippen LogP contribution in [0.25, 0.3) is 4.85 Å². The van der Waals surface area contributed by atoms with E-state index in [0.29, 0.717) is 81.7 Å². The summed E-state index contributed by atoms with van der Waals surface area (Å²) in [4.78, 5) is 34.5. The number of cyclic esters (lactones) is 1. The first-order chi connectivity index (χ1) is 16.9. The molecule has 2 amide bonds. The molecule has 4 rings (SSSR count). The van der Waals surface area contributed by atoms with Crippen LogP contribution in [0.5, 0.6) is 0 Å². The number of hydrogen-bond donors (Lipinski definition) is 1. The highest BCUT2D eigenvalue weighted by molar-refractivity contribution is 7.80. The van der Waals surface area contributed by atoms with Crippen LogP contribution in [-0.2, 0) is 14.3 Å². The Kier molecular flexibility index (Phi) is 8.03. The number of rotatable bonds is 6. The average Bonchev–Trinajstić information content (AvgIpc) is 3.24. The monoisotopic (exact) mass is 503 g/mol. The fraction of sp³-hybridized carbons (Fsp3) is 0.583. The Balaban J connectivity index is 1.35. The predicted molar refractivity (Wildman–Crippen MR) is 133 cm³/mol. The molecule has 1 aromatic rings. The lowest BCUT2D eigenvalue weighted by Gasteiger charge is -2.35. The van der Waals surface area contributed by atoms with Gasteiger partial charge >= 0.3 is 18.0 Å². The number of hydrogen-bond acceptors (Lipinski definition) is 6. The molecule has 0 spiro atoms. The SMILES string of the molecule is [C-]#[N+]C(C(=O)N1CCOCC1)C1CCN(c2ccc(N3C[C@H](CNC(C)=S)OC3=O)cc2F)CC1. The summed E-state index contributed by atoms with van der Waals surface area (Å²) in [5.41, 5.74) is 0.894. The summed E-state index contributed by atoms with van der Waals surface area (Å²) in [6, 6.07) is 4.05. The van der Waals surface area contributed by atoms with Crippen molar-refractivity contribution in [1.29, 1.82) is 0 Å². The number of piperidine rings is 1. The van der Waals surface area contributed by atoms with E-state index in [9.17, 15) is 9.59 Å². The third-order valence-corrected chi connectivity index (χ3v) is 6.88. The van der Waals surface area contributed by atoms with Gasteiger partial charge in [-0.1, -0.05) is 12.2 Å². The van der Waals surface area contributed by atoms with Gasteiger partial charge in [0.1, 0.15) is 11.9 Å². The minimum absolute atomic E-state index is 0.0534. The second-order valence-corrected chi connectivity index (χ2v) is 9.64. The van der Waals surface area contributed by atoms with Crippen molar-refractivity contribution < 1.29 is 23.5 Å². The van der Waals surface area contributed by atoms with Crippen LogP contribution in [0.15, 0.2) is 18.2 Å². The second kappa shape index (κ2) is 11.2. The van der Waals surface area contributed by atoms with E-state index in [1.807, 2.05) is 4.90 Å². The molecule has 11 heteroatoms. The number of carbonyl (C=O) groups is 2. The summed E-state index contributed by atoms with van der Waals surface area (Å²) in [6.45, 7) is 13.2. The highest BCUT2D eigenvalue weighted by Gasteiger charge is 2.39. The van der Waals surface area contributed by atoms with Gasteiger partial charge in [0.25, 0.3) is 0 Å². The highest BCUT2D eigenvalue weighted by atomic mass is 32.1. The Bertz CT molecular complexity index is 1000. The molecule has 3 saturated heterocycles. The number of benzene rings is 1. The summed E-state index contributed by atoms with van der Waals surface area (Å²) in [5, 5.41) is 2.98. The first-order valence-electron chi connectivity index (χ1n) is 11.9. The molecule has 0 radical (unpaired) electrons. The van der Waals surface area contributed by atoms with Gasteiger partial charge in [0, 0.05) is 32.1 Å². The standard InChI is InChI=1S/C24H30FN5O4S/c1-16(35)27-14-19-15-30(24(32)34-19)18-3-4-21(20(25)13-18)28-7-5-17(6-8-28)22(26-2)23(31)29-9-11-33-12-10-29/h3-4,13,17,19,22H,5-12,14-15H2,1H3,(H,27,35)/t19-,22?/m0/s1. The number of ether oxygens (including phenoxy) is 2. The van der Waals surface area contributed by atoms with Crippen LogP contribution in [0, 0.1) is 18.3 Å². The zero-order chi connectivity index (χ0) is 24.9. The lowest BCUT2D eigenvalue weighted by atomic mass is 9.88. The maximum atomic E-state index is 15.1. The van der Waals surface area contributed by atoms with Crippen LogP contribution in [0.2, 0.25) is 0 Å². The lowest BCUT2D eigenvalue weighted by Crippen LogP contribution is -2.48. The minimum atomic E-state index is -0.701. The third-order valence-electron chi connectivity index (χ3n) is 6.74. The number of carbonyl (C=O) groups excluding carboxylic acids is 2. The van der Waals surface area contributed by atoms with Crippen LogP contribution in [0.1, 0.15) is 19.8 Å². The summed E-state index contributed by atoms with van der Waals surface area (Å²) >= 11 is 4.99. The van der Waals surface area contributed by atoms with Crippen molar-refractivity contribution in [3.8, 4) is 0 Å². The molecule has 1 aromatic carbocycles. The smallest absolute Gasteiger partial charge is 0.414 e. The van der Waals surface area contributed by atoms with E-state index >= 15 is 4.39 Å². The summed E-state index contributed by atoms with van der Waals surface area (Å²) in [7, 11) is 0. The molecule has 0 saturated carbocycles. The summed E-state index contributed by atoms with van der Waals surface area (Å²) < 4.78 is 25.7. The molecule has 0 bridgehead atoms. The molecule has 3 aliphatic heterocycles. The number of nitrogens with one attached hydrogen (secondary N) is 1. The first-order valence-corrected chi connectivity index (χ1v) is 12.3. The molecule has 35 heavy (non-hydrogen) atoms. The molecule has 9 nitrogen and oxygen atoms in total. The van der Waals surface area contributed by atoms with Crippen molar-refractivity contribution in [3.63, 3.8) is 0 Å². The Morgan fingerprint density at radius 2 is 2.00 bits per heavy atom. The maximum absolute atomic E-state index is 15.1. The molecule has 0 aromatic heterocycles. The van der Waals surface area contributed by atoms with Crippen molar-refractivity contribution in [2.75, 3.05) is 62.3 Å². The van der Waals surface area contributed by atoms with Crippen LogP contribution in [0.3, 0.4) is 0 Å². The number of morpholine rings is 1. The molecule has 3 heterocycles. The van der Waals surface area contributed by atoms with Gasteiger partial charge in [-0.2, -0.15) is 0 Å². The minimum Gasteiger partial charge on any atom is -0.442 e. The van der Waals surface area contributed by atoms with Crippen molar-refractivity contribution >= 4 is 40.6 Å². The van der Waals surface area contributed by atoms with Gasteiger partial charge < -0.3 is 29.4 Å². The Morgan fingerprint density at radius 3 is 2.63 bits per heavy atom. The maximum Gasteiger partial charge on any atom is 0.414 e. The number of anilines is 2. The van der Waals surface area contributed by atoms with Crippen LogP contribution in [-0.4, -0.2) is 86.5 Å². The summed E-state index contributed by atoms with van der Waals surface area (Å²) in [6.07, 6.45) is 0.396. The van der Waals surface area contributed by atoms with Crippen LogP contribution >= 0.6 is 12.2 Å². The summed E-state index contributed by atoms with van der Waals surface area (Å²) in [5.74, 6) is -0.595. The largest absolute Gasteiger partial charge is 0.442 e. The zero-order valence-corrected chi connectivity index (χ0v) is 20.6. The third kappa shape index (κ3) is 5.82. The normalized spacial score (nSPS) is 21.9. The molecule has 1 unspecified atom stereocenters. The van der Waals surface area contributed by atoms with E-state index in [1.54, 1.807) is 24.0 Å². The van der Waals surface area contributed by atoms with Gasteiger partial charge in [-0.25, -0.2) is 15.8 Å². The van der Waals surface area contributed by atoms with Crippen molar-refractivity contribution in [2.24, 2.45) is 5.92 Å². The number of nitrogens with zero attached hydrogens (tertiary/aromatic N) is 4. The average molecular weight is 504 g/mol. The number of thiocarbonyl (C=S) groups is 1. The Hall–Kier alpha value is -2.97. The molecule has 2 atom stereocenters. The first kappa shape index (κ1) is 25.1. The van der Waals surface area contributed by atoms with Gasteiger partial charge in [-0.15, -0.1) is 0 Å². The number of halogens is 1. The zero-order valence-electron chi connectivity index (χ0n) is 19.7. The van der Waals surface area contributed by atoms with Gasteiger partial charge in [0.2, 0.25) is 0 Å². The molecule has 1 N–H and O–H groups in total. The van der Waals surface area contributed by atoms with Crippen LogP contribution in [0.4, 0.5) is 20.6 Å². The van der Waals surface area contributed by atoms with Gasteiger partial charge in [0.05, 0.1) is 42.7 Å². The van der Waals surface area contributed by atoms with E-state index in [4.69, 9.17) is 28.3 Å². The Labute approximate surface area is 209 Å². The van der Waals surface area contributed by atoms with E-state index in [0.717, 1.165) is 0 Å². The van der Waals surface area contributed by atoms with E-state index in [-0.39, 0.29) is 17.9 Å². The number of amides is 2. The molecule has 188 valence electrons. The fourth-order valence-corrected chi connectivity index (χ4v) is 4.89. The quantitative estimate of drug-likeness (QED) is 0.472. The molecule has 3 aliphatic rings. The van der Waals surface area contributed by atoms with Crippen molar-refractivity contribution in [3.05, 3.63) is 35.4 Å². The second-order valence-electron chi connectivity index (χ2n) is 9.03. The Morgan fingerprint density at radius 1 is 1.29 bits per heavy atom. The molecular formula is C24H30FN5O4S. The molecule has 3 fully saturated rings. The lowest BCUT2D eigenvalue weighted by molar-refractivity contribution is -0.137. The fourth-order valence-electron chi connectivity index (χ4n) is 4.81. The topological polar surface area (TPSA) is 78.7 Å². The molecule has 0 aliphatic carbocycles. The van der Waals surface area contributed by atoms with Crippen molar-refractivity contribution in [1.82, 2.24) is 10.2 Å². The van der Waals surface area contributed by atoms with Gasteiger partial charge in [-0.05, 0) is 38.0 Å².